The highest BCUT2D eigenvalue weighted by Gasteiger charge is 2.21. The van der Waals surface area contributed by atoms with Crippen LogP contribution in [0.3, 0.4) is 0 Å². The molecular weight excluding hydrogens is 440 g/mol. The summed E-state index contributed by atoms with van der Waals surface area (Å²) < 4.78 is 39.8. The van der Waals surface area contributed by atoms with Crippen LogP contribution in [0.4, 0.5) is 11.5 Å². The molecule has 2 aromatic carbocycles. The first-order chi connectivity index (χ1) is 16.0. The van der Waals surface area contributed by atoms with Crippen molar-refractivity contribution >= 4 is 21.5 Å². The predicted octanol–water partition coefficient (Wildman–Crippen LogP) is 4.34. The van der Waals surface area contributed by atoms with E-state index in [2.05, 4.69) is 19.8 Å². The maximum absolute atomic E-state index is 13.1. The van der Waals surface area contributed by atoms with Crippen LogP contribution in [0.15, 0.2) is 59.5 Å². The number of aromatic nitrogens is 2. The van der Waals surface area contributed by atoms with Gasteiger partial charge in [0.1, 0.15) is 16.4 Å². The van der Waals surface area contributed by atoms with Crippen LogP contribution < -0.4 is 19.1 Å². The molecule has 1 aliphatic heterocycles. The third-order valence-electron chi connectivity index (χ3n) is 5.33. The van der Waals surface area contributed by atoms with Gasteiger partial charge in [-0.1, -0.05) is 12.1 Å². The Bertz CT molecular complexity index is 1180. The summed E-state index contributed by atoms with van der Waals surface area (Å²) in [5.74, 6) is 1.63. The van der Waals surface area contributed by atoms with Crippen LogP contribution in [0.1, 0.15) is 26.7 Å². The number of sulfonamides is 1. The average Bonchev–Trinajstić information content (AvgIpc) is 3.36. The Balaban J connectivity index is 1.52. The molecule has 1 N–H and O–H groups in total. The number of hydrogen-bond donors (Lipinski definition) is 1. The Kier molecular flexibility index (Phi) is 6.98. The first kappa shape index (κ1) is 22.8. The molecule has 3 aromatic rings. The quantitative estimate of drug-likeness (QED) is 0.499. The van der Waals surface area contributed by atoms with E-state index in [-0.39, 0.29) is 10.6 Å². The van der Waals surface area contributed by atoms with Crippen molar-refractivity contribution in [3.63, 3.8) is 0 Å². The van der Waals surface area contributed by atoms with Gasteiger partial charge in [0.2, 0.25) is 0 Å². The van der Waals surface area contributed by atoms with Crippen molar-refractivity contribution in [3.8, 4) is 22.8 Å². The number of hydrogen-bond acceptors (Lipinski definition) is 7. The third kappa shape index (κ3) is 5.36. The Labute approximate surface area is 194 Å². The van der Waals surface area contributed by atoms with Crippen LogP contribution in [0, 0.1) is 0 Å². The molecule has 0 atom stereocenters. The number of ether oxygens (including phenoxy) is 2. The molecule has 1 aliphatic rings. The van der Waals surface area contributed by atoms with Gasteiger partial charge in [-0.15, -0.1) is 10.2 Å². The predicted molar refractivity (Wildman–Crippen MR) is 129 cm³/mol. The Morgan fingerprint density at radius 3 is 2.27 bits per heavy atom. The Morgan fingerprint density at radius 1 is 0.909 bits per heavy atom. The number of anilines is 2. The molecule has 8 nitrogen and oxygen atoms in total. The van der Waals surface area contributed by atoms with Crippen LogP contribution in [0.25, 0.3) is 11.3 Å². The number of nitrogens with zero attached hydrogens (tertiary/aromatic N) is 3. The molecule has 174 valence electrons. The summed E-state index contributed by atoms with van der Waals surface area (Å²) in [6.45, 7) is 6.46. The van der Waals surface area contributed by atoms with Crippen molar-refractivity contribution in [2.75, 3.05) is 35.9 Å². The van der Waals surface area contributed by atoms with E-state index in [1.807, 2.05) is 31.2 Å². The van der Waals surface area contributed by atoms with Crippen molar-refractivity contribution in [3.05, 3.63) is 54.6 Å². The largest absolute Gasteiger partial charge is 0.494 e. The van der Waals surface area contributed by atoms with Gasteiger partial charge < -0.3 is 14.4 Å². The number of rotatable bonds is 9. The highest BCUT2D eigenvalue weighted by molar-refractivity contribution is 7.92. The van der Waals surface area contributed by atoms with Crippen molar-refractivity contribution in [2.45, 2.75) is 31.6 Å². The first-order valence-corrected chi connectivity index (χ1v) is 12.6. The summed E-state index contributed by atoms with van der Waals surface area (Å²) in [5.41, 5.74) is 2.02. The van der Waals surface area contributed by atoms with Gasteiger partial charge >= 0.3 is 0 Å². The van der Waals surface area contributed by atoms with E-state index in [1.165, 1.54) is 18.9 Å². The monoisotopic (exact) mass is 468 g/mol. The zero-order valence-electron chi connectivity index (χ0n) is 18.8. The van der Waals surface area contributed by atoms with E-state index in [1.54, 1.807) is 31.2 Å². The molecule has 0 unspecified atom stereocenters. The minimum atomic E-state index is -3.89. The van der Waals surface area contributed by atoms with Crippen LogP contribution in [0.2, 0.25) is 0 Å². The third-order valence-corrected chi connectivity index (χ3v) is 6.73. The molecule has 1 saturated heterocycles. The van der Waals surface area contributed by atoms with Crippen LogP contribution in [-0.4, -0.2) is 44.9 Å². The second-order valence-corrected chi connectivity index (χ2v) is 9.28. The summed E-state index contributed by atoms with van der Waals surface area (Å²) in [6, 6.07) is 15.7. The molecule has 0 bridgehead atoms. The lowest BCUT2D eigenvalue weighted by atomic mass is 10.1. The fraction of sp³-hybridized carbons (Fsp3) is 0.333. The van der Waals surface area contributed by atoms with E-state index in [9.17, 15) is 8.42 Å². The molecule has 9 heteroatoms. The first-order valence-electron chi connectivity index (χ1n) is 11.1. The maximum atomic E-state index is 13.1. The molecule has 1 fully saturated rings. The SMILES string of the molecule is CCOc1ccc(OCC)c(S(=O)(=O)Nc2ccc(-c3ccc(N4CCCC4)nn3)cc2)c1. The molecule has 0 saturated carbocycles. The molecule has 2 heterocycles. The zero-order valence-corrected chi connectivity index (χ0v) is 19.6. The summed E-state index contributed by atoms with van der Waals surface area (Å²) in [7, 11) is -3.89. The van der Waals surface area contributed by atoms with Crippen LogP contribution >= 0.6 is 0 Å². The fourth-order valence-electron chi connectivity index (χ4n) is 3.74. The van der Waals surface area contributed by atoms with E-state index >= 15 is 0 Å². The summed E-state index contributed by atoms with van der Waals surface area (Å²) in [5, 5.41) is 8.69. The topological polar surface area (TPSA) is 93.6 Å². The summed E-state index contributed by atoms with van der Waals surface area (Å²) in [4.78, 5) is 2.26. The van der Waals surface area contributed by atoms with E-state index < -0.39 is 10.0 Å². The highest BCUT2D eigenvalue weighted by Crippen LogP contribution is 2.31. The molecule has 1 aromatic heterocycles. The minimum Gasteiger partial charge on any atom is -0.494 e. The van der Waals surface area contributed by atoms with Gasteiger partial charge in [0.25, 0.3) is 10.0 Å². The van der Waals surface area contributed by atoms with Gasteiger partial charge in [0.05, 0.1) is 18.9 Å². The maximum Gasteiger partial charge on any atom is 0.265 e. The second-order valence-electron chi connectivity index (χ2n) is 7.63. The number of nitrogens with one attached hydrogen (secondary N) is 1. The van der Waals surface area contributed by atoms with Gasteiger partial charge in [-0.2, -0.15) is 0 Å². The van der Waals surface area contributed by atoms with Crippen molar-refractivity contribution in [1.82, 2.24) is 10.2 Å². The van der Waals surface area contributed by atoms with E-state index in [0.717, 1.165) is 30.2 Å². The number of benzene rings is 2. The van der Waals surface area contributed by atoms with Crippen LogP contribution in [0.5, 0.6) is 11.5 Å². The zero-order chi connectivity index (χ0) is 23.3. The van der Waals surface area contributed by atoms with Gasteiger partial charge in [-0.05, 0) is 63.1 Å². The molecule has 0 aliphatic carbocycles. The molecule has 0 spiro atoms. The molecular formula is C24H28N4O4S. The van der Waals surface area contributed by atoms with Gasteiger partial charge in [0, 0.05) is 30.4 Å². The minimum absolute atomic E-state index is 0.0303. The van der Waals surface area contributed by atoms with Crippen molar-refractivity contribution in [2.24, 2.45) is 0 Å². The summed E-state index contributed by atoms with van der Waals surface area (Å²) in [6.07, 6.45) is 2.37. The van der Waals surface area contributed by atoms with E-state index in [0.29, 0.717) is 24.7 Å². The molecule has 33 heavy (non-hydrogen) atoms. The molecule has 4 rings (SSSR count). The van der Waals surface area contributed by atoms with Gasteiger partial charge in [0.15, 0.2) is 5.82 Å². The highest BCUT2D eigenvalue weighted by atomic mass is 32.2. The summed E-state index contributed by atoms with van der Waals surface area (Å²) >= 11 is 0. The second kappa shape index (κ2) is 10.1. The lowest BCUT2D eigenvalue weighted by Crippen LogP contribution is -2.19. The lowest BCUT2D eigenvalue weighted by molar-refractivity contribution is 0.322. The van der Waals surface area contributed by atoms with Gasteiger partial charge in [-0.3, -0.25) is 4.72 Å². The van der Waals surface area contributed by atoms with Crippen molar-refractivity contribution in [1.29, 1.82) is 0 Å². The van der Waals surface area contributed by atoms with Crippen molar-refractivity contribution < 1.29 is 17.9 Å². The van der Waals surface area contributed by atoms with Crippen LogP contribution in [-0.2, 0) is 10.0 Å². The average molecular weight is 469 g/mol. The Morgan fingerprint density at radius 2 is 1.64 bits per heavy atom. The Hall–Kier alpha value is -3.33. The normalized spacial score (nSPS) is 13.7. The standard InChI is InChI=1S/C24H28N4O4S/c1-3-31-20-11-13-22(32-4-2)23(17-20)33(29,30)27-19-9-7-18(8-10-19)21-12-14-24(26-25-21)28-15-5-6-16-28/h7-14,17,27H,3-6,15-16H2,1-2H3. The molecule has 0 amide bonds. The van der Waals surface area contributed by atoms with Gasteiger partial charge in [-0.25, -0.2) is 8.42 Å². The smallest absolute Gasteiger partial charge is 0.265 e. The molecule has 0 radical (unpaired) electrons. The fourth-order valence-corrected chi connectivity index (χ4v) is 4.96. The van der Waals surface area contributed by atoms with E-state index in [4.69, 9.17) is 9.47 Å². The lowest BCUT2D eigenvalue weighted by Gasteiger charge is -2.15.